The van der Waals surface area contributed by atoms with Crippen LogP contribution in [0.1, 0.15) is 80.1 Å². The molecule has 1 heterocycles. The summed E-state index contributed by atoms with van der Waals surface area (Å²) in [5.41, 5.74) is 0. The number of unbranched alkanes of at least 4 members (excludes halogenated alkanes) is 4. The van der Waals surface area contributed by atoms with Crippen molar-refractivity contribution in [2.45, 2.75) is 116 Å². The van der Waals surface area contributed by atoms with Gasteiger partial charge in [0.25, 0.3) is 0 Å². The summed E-state index contributed by atoms with van der Waals surface area (Å²) in [7, 11) is 0. The molecule has 0 saturated carbocycles. The molecule has 1 fully saturated rings. The van der Waals surface area contributed by atoms with E-state index in [4.69, 9.17) is 4.74 Å². The van der Waals surface area contributed by atoms with Crippen molar-refractivity contribution in [2.75, 3.05) is 13.2 Å². The molecule has 0 radical (unpaired) electrons. The summed E-state index contributed by atoms with van der Waals surface area (Å²) >= 11 is 0. The average Bonchev–Trinajstić information content (AvgIpc) is 2.92. The molecular formula is C28H49N5O9. The van der Waals surface area contributed by atoms with Crippen molar-refractivity contribution >= 4 is 35.5 Å². The zero-order valence-corrected chi connectivity index (χ0v) is 25.5. The molecule has 0 aromatic rings. The minimum atomic E-state index is -1.57. The molecule has 240 valence electrons. The average molecular weight is 600 g/mol. The topological polar surface area (TPSA) is 212 Å². The number of carbonyl (C=O) groups excluding carboxylic acids is 6. The molecule has 14 nitrogen and oxygen atoms in total. The summed E-state index contributed by atoms with van der Waals surface area (Å²) in [5, 5.41) is 31.8. The summed E-state index contributed by atoms with van der Waals surface area (Å²) < 4.78 is 5.55. The second kappa shape index (κ2) is 18.3. The van der Waals surface area contributed by atoms with Gasteiger partial charge in [-0.05, 0) is 25.2 Å². The van der Waals surface area contributed by atoms with Crippen molar-refractivity contribution in [1.29, 1.82) is 0 Å². The molecule has 0 spiro atoms. The third-order valence-corrected chi connectivity index (χ3v) is 6.97. The second-order valence-corrected chi connectivity index (χ2v) is 11.3. The van der Waals surface area contributed by atoms with Crippen molar-refractivity contribution in [1.82, 2.24) is 26.6 Å². The van der Waals surface area contributed by atoms with Crippen LogP contribution in [0.15, 0.2) is 0 Å². The van der Waals surface area contributed by atoms with E-state index in [9.17, 15) is 39.0 Å². The van der Waals surface area contributed by atoms with Crippen LogP contribution in [0.3, 0.4) is 0 Å². The third kappa shape index (κ3) is 11.6. The highest BCUT2D eigenvalue weighted by Crippen LogP contribution is 2.12. The molecule has 1 aliphatic rings. The first kappa shape index (κ1) is 36.8. The number of esters is 1. The Labute approximate surface area is 247 Å². The molecule has 1 rings (SSSR count). The van der Waals surface area contributed by atoms with E-state index >= 15 is 0 Å². The molecule has 0 aromatic carbocycles. The Balaban J connectivity index is 3.39. The van der Waals surface area contributed by atoms with Crippen LogP contribution in [0.25, 0.3) is 0 Å². The standard InChI is InChI=1S/C28H49N5O9/c1-7-8-9-10-11-12-20(36)31-23-17(6)42-28(41)22(16(4)5)33-26(39)21(15(2)3)32-25(38)19(14-35)29-24(37)18(13-34)30-27(23)40/h15-19,21-23,34-35H,7-14H2,1-6H3,(H,29,37)(H,30,40)(H,31,36)(H,32,38)(H,33,39)/t17-,18-,19+,21-,22?,23+/m1/s1. The lowest BCUT2D eigenvalue weighted by molar-refractivity contribution is -0.157. The Morgan fingerprint density at radius 3 is 1.79 bits per heavy atom. The lowest BCUT2D eigenvalue weighted by Gasteiger charge is -2.31. The molecule has 0 bridgehead atoms. The Morgan fingerprint density at radius 1 is 0.762 bits per heavy atom. The fourth-order valence-electron chi connectivity index (χ4n) is 4.31. The predicted molar refractivity (Wildman–Crippen MR) is 152 cm³/mol. The first-order valence-corrected chi connectivity index (χ1v) is 14.7. The van der Waals surface area contributed by atoms with E-state index in [1.807, 2.05) is 0 Å². The van der Waals surface area contributed by atoms with Gasteiger partial charge in [-0.1, -0.05) is 60.3 Å². The first-order chi connectivity index (χ1) is 19.8. The fourth-order valence-corrected chi connectivity index (χ4v) is 4.31. The monoisotopic (exact) mass is 599 g/mol. The van der Waals surface area contributed by atoms with Crippen LogP contribution < -0.4 is 26.6 Å². The molecule has 6 atom stereocenters. The van der Waals surface area contributed by atoms with Gasteiger partial charge in [0.05, 0.1) is 13.2 Å². The smallest absolute Gasteiger partial charge is 0.329 e. The van der Waals surface area contributed by atoms with E-state index in [0.29, 0.717) is 6.42 Å². The van der Waals surface area contributed by atoms with Crippen LogP contribution >= 0.6 is 0 Å². The van der Waals surface area contributed by atoms with Crippen LogP contribution in [0.2, 0.25) is 0 Å². The number of amides is 5. The van der Waals surface area contributed by atoms with Gasteiger partial charge in [0.2, 0.25) is 29.5 Å². The van der Waals surface area contributed by atoms with E-state index in [1.165, 1.54) is 6.92 Å². The van der Waals surface area contributed by atoms with Gasteiger partial charge >= 0.3 is 5.97 Å². The number of rotatable bonds is 11. The van der Waals surface area contributed by atoms with Gasteiger partial charge in [-0.3, -0.25) is 24.0 Å². The number of hydrogen-bond donors (Lipinski definition) is 7. The molecule has 42 heavy (non-hydrogen) atoms. The lowest BCUT2D eigenvalue weighted by Crippen LogP contribution is -2.63. The molecule has 0 aromatic heterocycles. The van der Waals surface area contributed by atoms with Gasteiger partial charge < -0.3 is 41.5 Å². The van der Waals surface area contributed by atoms with Crippen LogP contribution in [0.4, 0.5) is 0 Å². The second-order valence-electron chi connectivity index (χ2n) is 11.3. The number of cyclic esters (lactones) is 1. The van der Waals surface area contributed by atoms with E-state index in [0.717, 1.165) is 25.7 Å². The minimum absolute atomic E-state index is 0.118. The molecular weight excluding hydrogens is 550 g/mol. The molecule has 5 amide bonds. The number of ether oxygens (including phenoxy) is 1. The number of hydrogen-bond acceptors (Lipinski definition) is 9. The normalized spacial score (nSPS) is 26.7. The zero-order chi connectivity index (χ0) is 32.0. The maximum absolute atomic E-state index is 13.3. The van der Waals surface area contributed by atoms with Gasteiger partial charge in [0.1, 0.15) is 36.3 Å². The first-order valence-electron chi connectivity index (χ1n) is 14.7. The maximum atomic E-state index is 13.3. The van der Waals surface area contributed by atoms with Crippen molar-refractivity contribution in [3.05, 3.63) is 0 Å². The molecule has 14 heteroatoms. The van der Waals surface area contributed by atoms with Gasteiger partial charge in [-0.15, -0.1) is 0 Å². The summed E-state index contributed by atoms with van der Waals surface area (Å²) in [6, 6.07) is -6.84. The highest BCUT2D eigenvalue weighted by atomic mass is 16.5. The summed E-state index contributed by atoms with van der Waals surface area (Å²) in [5.74, 6) is -5.76. The fraction of sp³-hybridized carbons (Fsp3) is 0.786. The molecule has 1 unspecified atom stereocenters. The van der Waals surface area contributed by atoms with Gasteiger partial charge in [-0.2, -0.15) is 0 Å². The molecule has 0 aliphatic carbocycles. The van der Waals surface area contributed by atoms with E-state index < -0.39 is 96.9 Å². The Kier molecular flexibility index (Phi) is 16.0. The van der Waals surface area contributed by atoms with Gasteiger partial charge in [0.15, 0.2) is 0 Å². The summed E-state index contributed by atoms with van der Waals surface area (Å²) in [4.78, 5) is 78.2. The Bertz CT molecular complexity index is 943. The van der Waals surface area contributed by atoms with Gasteiger partial charge in [-0.25, -0.2) is 4.79 Å². The molecule has 1 aliphatic heterocycles. The molecule has 1 saturated heterocycles. The number of nitrogens with one attached hydrogen (secondary N) is 5. The SMILES string of the molecule is CCCCCCCC(=O)N[C@@H]1C(=O)N[C@H](CO)C(=O)N[C@@H](CO)C(=O)N[C@H](C(C)C)C(=O)NC(C(C)C)C(=O)O[C@@H]1C. The van der Waals surface area contributed by atoms with Crippen LogP contribution in [0, 0.1) is 11.8 Å². The highest BCUT2D eigenvalue weighted by molar-refractivity contribution is 5.96. The highest BCUT2D eigenvalue weighted by Gasteiger charge is 2.38. The van der Waals surface area contributed by atoms with Crippen molar-refractivity contribution in [3.63, 3.8) is 0 Å². The van der Waals surface area contributed by atoms with Crippen molar-refractivity contribution in [3.8, 4) is 0 Å². The third-order valence-electron chi connectivity index (χ3n) is 6.97. The van der Waals surface area contributed by atoms with Crippen molar-refractivity contribution < 1.29 is 43.7 Å². The zero-order valence-electron chi connectivity index (χ0n) is 25.5. The largest absolute Gasteiger partial charge is 0.458 e. The summed E-state index contributed by atoms with van der Waals surface area (Å²) in [6.45, 7) is 8.40. The van der Waals surface area contributed by atoms with E-state index in [2.05, 4.69) is 33.5 Å². The quantitative estimate of drug-likeness (QED) is 0.115. The minimum Gasteiger partial charge on any atom is -0.458 e. The predicted octanol–water partition coefficient (Wildman–Crippen LogP) is -0.987. The van der Waals surface area contributed by atoms with Crippen LogP contribution in [-0.4, -0.2) is 95.2 Å². The molecule has 7 N–H and O–H groups in total. The van der Waals surface area contributed by atoms with Crippen LogP contribution in [0.5, 0.6) is 0 Å². The van der Waals surface area contributed by atoms with Crippen LogP contribution in [-0.2, 0) is 33.5 Å². The maximum Gasteiger partial charge on any atom is 0.329 e. The number of aliphatic hydroxyl groups is 2. The lowest BCUT2D eigenvalue weighted by atomic mass is 9.99. The Morgan fingerprint density at radius 2 is 1.26 bits per heavy atom. The number of carbonyl (C=O) groups is 6. The summed E-state index contributed by atoms with van der Waals surface area (Å²) in [6.07, 6.45) is 3.32. The van der Waals surface area contributed by atoms with Crippen molar-refractivity contribution in [2.24, 2.45) is 11.8 Å². The number of aliphatic hydroxyl groups excluding tert-OH is 2. The van der Waals surface area contributed by atoms with E-state index in [-0.39, 0.29) is 6.42 Å². The Hall–Kier alpha value is -3.26. The van der Waals surface area contributed by atoms with E-state index in [1.54, 1.807) is 27.7 Å². The van der Waals surface area contributed by atoms with Gasteiger partial charge in [0, 0.05) is 6.42 Å².